The van der Waals surface area contributed by atoms with E-state index in [4.69, 9.17) is 0 Å². The van der Waals surface area contributed by atoms with E-state index >= 15 is 0 Å². The fraction of sp³-hybridized carbons (Fsp3) is 0.579. The lowest BCUT2D eigenvalue weighted by Gasteiger charge is -2.34. The summed E-state index contributed by atoms with van der Waals surface area (Å²) in [7, 11) is 7.62. The summed E-state index contributed by atoms with van der Waals surface area (Å²) in [5, 5.41) is 6.17. The maximum atomic E-state index is 11.5. The number of guanidine groups is 1. The third-order valence-corrected chi connectivity index (χ3v) is 4.78. The lowest BCUT2D eigenvalue weighted by molar-refractivity contribution is -0.121. The van der Waals surface area contributed by atoms with Gasteiger partial charge in [-0.1, -0.05) is 12.1 Å². The number of carbonyl (C=O) groups is 1. The minimum Gasteiger partial charge on any atom is -0.378 e. The Morgan fingerprint density at radius 1 is 1.23 bits per heavy atom. The van der Waals surface area contributed by atoms with Gasteiger partial charge in [-0.3, -0.25) is 9.79 Å². The van der Waals surface area contributed by atoms with Crippen molar-refractivity contribution in [2.75, 3.05) is 46.2 Å². The molecule has 0 unspecified atom stereocenters. The number of halogens is 1. The third-order valence-electron chi connectivity index (χ3n) is 4.78. The molecule has 1 saturated heterocycles. The van der Waals surface area contributed by atoms with Gasteiger partial charge in [0.25, 0.3) is 0 Å². The minimum atomic E-state index is 0. The number of rotatable bonds is 5. The zero-order valence-electron chi connectivity index (χ0n) is 16.3. The van der Waals surface area contributed by atoms with Crippen LogP contribution in [-0.2, 0) is 11.3 Å². The molecule has 146 valence electrons. The topological polar surface area (TPSA) is 60.0 Å². The Morgan fingerprint density at radius 3 is 2.35 bits per heavy atom. The SMILES string of the molecule is CN=C(NCc1ccc(N(C)C)cc1)N1CCC(CC(=O)NC)CC1.I. The molecule has 1 aliphatic rings. The van der Waals surface area contributed by atoms with E-state index in [-0.39, 0.29) is 29.9 Å². The van der Waals surface area contributed by atoms with Gasteiger partial charge in [0.15, 0.2) is 5.96 Å². The smallest absolute Gasteiger partial charge is 0.220 e. The van der Waals surface area contributed by atoms with Crippen molar-refractivity contribution in [3.05, 3.63) is 29.8 Å². The average molecular weight is 473 g/mol. The lowest BCUT2D eigenvalue weighted by Crippen LogP contribution is -2.45. The van der Waals surface area contributed by atoms with Crippen molar-refractivity contribution in [3.8, 4) is 0 Å². The highest BCUT2D eigenvalue weighted by atomic mass is 127. The van der Waals surface area contributed by atoms with Crippen molar-refractivity contribution in [2.45, 2.75) is 25.8 Å². The molecule has 2 N–H and O–H groups in total. The zero-order valence-corrected chi connectivity index (χ0v) is 18.6. The van der Waals surface area contributed by atoms with Crippen LogP contribution in [0.2, 0.25) is 0 Å². The summed E-state index contributed by atoms with van der Waals surface area (Å²) in [6, 6.07) is 8.55. The third kappa shape index (κ3) is 6.66. The molecule has 0 radical (unpaired) electrons. The van der Waals surface area contributed by atoms with Crippen LogP contribution in [-0.4, -0.2) is 58.0 Å². The number of hydrogen-bond acceptors (Lipinski definition) is 3. The second-order valence-electron chi connectivity index (χ2n) is 6.77. The summed E-state index contributed by atoms with van der Waals surface area (Å²) in [5.74, 6) is 1.56. The van der Waals surface area contributed by atoms with E-state index in [0.29, 0.717) is 12.3 Å². The van der Waals surface area contributed by atoms with Gasteiger partial charge in [-0.15, -0.1) is 24.0 Å². The molecule has 1 fully saturated rings. The van der Waals surface area contributed by atoms with Crippen molar-refractivity contribution in [1.82, 2.24) is 15.5 Å². The number of aliphatic imine (C=N–C) groups is 1. The van der Waals surface area contributed by atoms with Gasteiger partial charge in [-0.05, 0) is 36.5 Å². The molecule has 1 aromatic rings. The van der Waals surface area contributed by atoms with Gasteiger partial charge in [-0.2, -0.15) is 0 Å². The summed E-state index contributed by atoms with van der Waals surface area (Å²) in [6.07, 6.45) is 2.70. The van der Waals surface area contributed by atoms with Crippen LogP contribution in [0.5, 0.6) is 0 Å². The van der Waals surface area contributed by atoms with E-state index in [1.807, 2.05) is 21.1 Å². The highest BCUT2D eigenvalue weighted by Crippen LogP contribution is 2.20. The largest absolute Gasteiger partial charge is 0.378 e. The van der Waals surface area contributed by atoms with Gasteiger partial charge >= 0.3 is 0 Å². The molecule has 26 heavy (non-hydrogen) atoms. The Kier molecular flexibility index (Phi) is 9.75. The number of anilines is 1. The second-order valence-corrected chi connectivity index (χ2v) is 6.77. The van der Waals surface area contributed by atoms with Crippen molar-refractivity contribution < 1.29 is 4.79 Å². The number of likely N-dealkylation sites (tertiary alicyclic amines) is 1. The normalized spacial score (nSPS) is 15.2. The van der Waals surface area contributed by atoms with E-state index in [0.717, 1.165) is 38.4 Å². The van der Waals surface area contributed by atoms with Crippen molar-refractivity contribution in [3.63, 3.8) is 0 Å². The maximum absolute atomic E-state index is 11.5. The summed E-state index contributed by atoms with van der Waals surface area (Å²) < 4.78 is 0. The van der Waals surface area contributed by atoms with Gasteiger partial charge in [0.1, 0.15) is 0 Å². The molecule has 7 heteroatoms. The summed E-state index contributed by atoms with van der Waals surface area (Å²) in [5.41, 5.74) is 2.44. The predicted octanol–water partition coefficient (Wildman–Crippen LogP) is 2.29. The van der Waals surface area contributed by atoms with Crippen LogP contribution in [0.25, 0.3) is 0 Å². The van der Waals surface area contributed by atoms with Gasteiger partial charge < -0.3 is 20.4 Å². The zero-order chi connectivity index (χ0) is 18.2. The first-order chi connectivity index (χ1) is 12.0. The molecule has 2 rings (SSSR count). The first-order valence-corrected chi connectivity index (χ1v) is 8.96. The Balaban J connectivity index is 0.00000338. The maximum Gasteiger partial charge on any atom is 0.220 e. The van der Waals surface area contributed by atoms with Crippen LogP contribution < -0.4 is 15.5 Å². The summed E-state index contributed by atoms with van der Waals surface area (Å²) in [4.78, 5) is 20.3. The molecule has 1 amide bonds. The molecular formula is C19H32IN5O. The Hall–Kier alpha value is -1.51. The van der Waals surface area contributed by atoms with E-state index in [2.05, 4.69) is 49.7 Å². The second kappa shape index (κ2) is 11.3. The van der Waals surface area contributed by atoms with Crippen LogP contribution in [0.1, 0.15) is 24.8 Å². The Morgan fingerprint density at radius 2 is 1.85 bits per heavy atom. The van der Waals surface area contributed by atoms with E-state index in [1.54, 1.807) is 7.05 Å². The highest BCUT2D eigenvalue weighted by Gasteiger charge is 2.22. The van der Waals surface area contributed by atoms with Gasteiger partial charge in [0.05, 0.1) is 0 Å². The van der Waals surface area contributed by atoms with E-state index < -0.39 is 0 Å². The van der Waals surface area contributed by atoms with Crippen LogP contribution in [0.3, 0.4) is 0 Å². The quantitative estimate of drug-likeness (QED) is 0.392. The number of piperidine rings is 1. The van der Waals surface area contributed by atoms with E-state index in [1.165, 1.54) is 11.3 Å². The number of nitrogens with zero attached hydrogens (tertiary/aromatic N) is 3. The lowest BCUT2D eigenvalue weighted by atomic mass is 9.93. The van der Waals surface area contributed by atoms with Crippen LogP contribution in [0.4, 0.5) is 5.69 Å². The minimum absolute atomic E-state index is 0. The van der Waals surface area contributed by atoms with Gasteiger partial charge in [0, 0.05) is 59.9 Å². The first-order valence-electron chi connectivity index (χ1n) is 8.96. The number of benzene rings is 1. The Labute approximate surface area is 174 Å². The average Bonchev–Trinajstić information content (AvgIpc) is 2.63. The summed E-state index contributed by atoms with van der Waals surface area (Å²) in [6.45, 7) is 2.65. The molecule has 0 spiro atoms. The number of amides is 1. The molecule has 6 nitrogen and oxygen atoms in total. The summed E-state index contributed by atoms with van der Waals surface area (Å²) >= 11 is 0. The number of hydrogen-bond donors (Lipinski definition) is 2. The molecule has 0 aromatic heterocycles. The molecule has 0 aliphatic carbocycles. The molecule has 0 atom stereocenters. The van der Waals surface area contributed by atoms with Gasteiger partial charge in [0.2, 0.25) is 5.91 Å². The molecule has 1 aliphatic heterocycles. The molecule has 1 aromatic carbocycles. The Bertz CT molecular complexity index is 580. The molecule has 1 heterocycles. The van der Waals surface area contributed by atoms with Gasteiger partial charge in [-0.25, -0.2) is 0 Å². The fourth-order valence-corrected chi connectivity index (χ4v) is 3.14. The van der Waals surface area contributed by atoms with Crippen molar-refractivity contribution in [1.29, 1.82) is 0 Å². The monoisotopic (exact) mass is 473 g/mol. The first kappa shape index (κ1) is 22.5. The van der Waals surface area contributed by atoms with Crippen LogP contribution in [0.15, 0.2) is 29.3 Å². The highest BCUT2D eigenvalue weighted by molar-refractivity contribution is 14.0. The van der Waals surface area contributed by atoms with Crippen LogP contribution in [0, 0.1) is 5.92 Å². The molecule has 0 bridgehead atoms. The molecule has 0 saturated carbocycles. The predicted molar refractivity (Wildman–Crippen MR) is 119 cm³/mol. The standard InChI is InChI=1S/C19H31N5O.HI/c1-20-18(25)13-15-9-11-24(12-10-15)19(21-2)22-14-16-5-7-17(8-6-16)23(3)4;/h5-8,15H,9-14H2,1-4H3,(H,20,25)(H,21,22);1H. The van der Waals surface area contributed by atoms with E-state index in [9.17, 15) is 4.79 Å². The molecular weight excluding hydrogens is 441 g/mol. The van der Waals surface area contributed by atoms with Crippen LogP contribution >= 0.6 is 24.0 Å². The fourth-order valence-electron chi connectivity index (χ4n) is 3.14. The van der Waals surface area contributed by atoms with Crippen molar-refractivity contribution in [2.24, 2.45) is 10.9 Å². The number of nitrogens with one attached hydrogen (secondary N) is 2. The van der Waals surface area contributed by atoms with Crippen molar-refractivity contribution >= 4 is 41.5 Å². The number of carbonyl (C=O) groups excluding carboxylic acids is 1.